The molecule has 0 aromatic heterocycles. The van der Waals surface area contributed by atoms with Crippen molar-refractivity contribution in [3.63, 3.8) is 0 Å². The van der Waals surface area contributed by atoms with Crippen LogP contribution in [0.15, 0.2) is 35.7 Å². The van der Waals surface area contributed by atoms with Gasteiger partial charge in [0.05, 0.1) is 10.6 Å². The monoisotopic (exact) mass is 251 g/mol. The zero-order valence-electron chi connectivity index (χ0n) is 9.27. The van der Waals surface area contributed by atoms with Crippen LogP contribution >= 0.6 is 0 Å². The fraction of sp³-hybridized carbons (Fsp3) is 0.250. The van der Waals surface area contributed by atoms with Gasteiger partial charge in [0.15, 0.2) is 9.84 Å². The molecule has 0 saturated carbocycles. The number of carbonyl (C=O) groups excluding carboxylic acids is 1. The molecular weight excluding hydrogens is 238 g/mol. The molecule has 0 atom stereocenters. The lowest BCUT2D eigenvalue weighted by molar-refractivity contribution is -0.116. The van der Waals surface area contributed by atoms with Crippen LogP contribution in [0.2, 0.25) is 0 Å². The zero-order chi connectivity index (χ0) is 12.5. The maximum absolute atomic E-state index is 11.6. The summed E-state index contributed by atoms with van der Waals surface area (Å²) < 4.78 is 23.2. The highest BCUT2D eigenvalue weighted by molar-refractivity contribution is 7.91. The normalized spacial score (nSPS) is 16.2. The fourth-order valence-corrected chi connectivity index (χ4v) is 3.40. The number of benzene rings is 1. The van der Waals surface area contributed by atoms with Crippen LogP contribution in [-0.2, 0) is 27.6 Å². The standard InChI is InChI=1S/C12H13NO3S/c1-2-12(14)13-8-9-3-4-11-10(7-9)5-6-17(11,15)16/h2-4,7H,1,5-6,8H2,(H,13,14). The van der Waals surface area contributed by atoms with Crippen molar-refractivity contribution in [2.45, 2.75) is 17.9 Å². The SMILES string of the molecule is C=CC(=O)NCc1ccc2c(c1)CCS2(=O)=O. The fourth-order valence-electron chi connectivity index (χ4n) is 1.86. The van der Waals surface area contributed by atoms with E-state index < -0.39 is 9.84 Å². The van der Waals surface area contributed by atoms with Crippen molar-refractivity contribution in [3.8, 4) is 0 Å². The van der Waals surface area contributed by atoms with Crippen LogP contribution in [0.1, 0.15) is 11.1 Å². The minimum Gasteiger partial charge on any atom is -0.348 e. The van der Waals surface area contributed by atoms with Crippen molar-refractivity contribution in [3.05, 3.63) is 42.0 Å². The summed E-state index contributed by atoms with van der Waals surface area (Å²) in [6.07, 6.45) is 1.76. The number of sulfone groups is 1. The molecule has 17 heavy (non-hydrogen) atoms. The molecule has 4 nitrogen and oxygen atoms in total. The first-order valence-electron chi connectivity index (χ1n) is 5.28. The Morgan fingerprint density at radius 3 is 2.94 bits per heavy atom. The summed E-state index contributed by atoms with van der Waals surface area (Å²) in [7, 11) is -3.06. The summed E-state index contributed by atoms with van der Waals surface area (Å²) in [5.41, 5.74) is 1.74. The van der Waals surface area contributed by atoms with Crippen molar-refractivity contribution < 1.29 is 13.2 Å². The van der Waals surface area contributed by atoms with E-state index in [9.17, 15) is 13.2 Å². The van der Waals surface area contributed by atoms with Gasteiger partial charge in [-0.1, -0.05) is 18.7 Å². The van der Waals surface area contributed by atoms with Gasteiger partial charge in [-0.2, -0.15) is 0 Å². The van der Waals surface area contributed by atoms with E-state index in [1.165, 1.54) is 6.08 Å². The molecule has 1 heterocycles. The highest BCUT2D eigenvalue weighted by Gasteiger charge is 2.25. The molecule has 90 valence electrons. The van der Waals surface area contributed by atoms with Crippen LogP contribution in [-0.4, -0.2) is 20.1 Å². The van der Waals surface area contributed by atoms with Crippen LogP contribution in [0.25, 0.3) is 0 Å². The first kappa shape index (κ1) is 11.9. The van der Waals surface area contributed by atoms with Gasteiger partial charge in [-0.3, -0.25) is 4.79 Å². The number of carbonyl (C=O) groups is 1. The molecule has 1 N–H and O–H groups in total. The number of hydrogen-bond acceptors (Lipinski definition) is 3. The van der Waals surface area contributed by atoms with Crippen molar-refractivity contribution in [2.24, 2.45) is 0 Å². The van der Waals surface area contributed by atoms with Gasteiger partial charge in [0.1, 0.15) is 0 Å². The summed E-state index contributed by atoms with van der Waals surface area (Å²) in [5, 5.41) is 2.65. The predicted molar refractivity (Wildman–Crippen MR) is 64.2 cm³/mol. The molecular formula is C12H13NO3S. The Morgan fingerprint density at radius 1 is 1.47 bits per heavy atom. The lowest BCUT2D eigenvalue weighted by Gasteiger charge is -2.05. The van der Waals surface area contributed by atoms with E-state index >= 15 is 0 Å². The second-order valence-corrected chi connectivity index (χ2v) is 6.01. The minimum atomic E-state index is -3.06. The molecule has 0 radical (unpaired) electrons. The maximum atomic E-state index is 11.6. The Morgan fingerprint density at radius 2 is 2.24 bits per heavy atom. The van der Waals surface area contributed by atoms with Crippen LogP contribution in [0.4, 0.5) is 0 Å². The molecule has 1 aliphatic heterocycles. The summed E-state index contributed by atoms with van der Waals surface area (Å²) >= 11 is 0. The Balaban J connectivity index is 2.19. The highest BCUT2D eigenvalue weighted by atomic mass is 32.2. The molecule has 0 saturated heterocycles. The zero-order valence-corrected chi connectivity index (χ0v) is 10.1. The Hall–Kier alpha value is -1.62. The van der Waals surface area contributed by atoms with Crippen molar-refractivity contribution >= 4 is 15.7 Å². The molecule has 1 aliphatic rings. The minimum absolute atomic E-state index is 0.185. The van der Waals surface area contributed by atoms with E-state index in [0.717, 1.165) is 11.1 Å². The Labute approximate surface area is 100 Å². The number of amides is 1. The number of fused-ring (bicyclic) bond motifs is 1. The molecule has 0 unspecified atom stereocenters. The highest BCUT2D eigenvalue weighted by Crippen LogP contribution is 2.26. The van der Waals surface area contributed by atoms with Crippen molar-refractivity contribution in [1.29, 1.82) is 0 Å². The van der Waals surface area contributed by atoms with Gasteiger partial charge in [0, 0.05) is 6.54 Å². The first-order chi connectivity index (χ1) is 8.03. The van der Waals surface area contributed by atoms with Crippen molar-refractivity contribution in [2.75, 3.05) is 5.75 Å². The molecule has 1 amide bonds. The molecule has 5 heteroatoms. The van der Waals surface area contributed by atoms with Gasteiger partial charge in [-0.25, -0.2) is 8.42 Å². The molecule has 2 rings (SSSR count). The third-order valence-electron chi connectivity index (χ3n) is 2.75. The van der Waals surface area contributed by atoms with Crippen LogP contribution in [0.3, 0.4) is 0 Å². The van der Waals surface area contributed by atoms with Gasteiger partial charge >= 0.3 is 0 Å². The van der Waals surface area contributed by atoms with Gasteiger partial charge in [-0.05, 0) is 29.7 Å². The summed E-state index contributed by atoms with van der Waals surface area (Å²) in [4.78, 5) is 11.4. The molecule has 0 spiro atoms. The number of rotatable bonds is 3. The first-order valence-corrected chi connectivity index (χ1v) is 6.93. The second kappa shape index (κ2) is 4.33. The summed E-state index contributed by atoms with van der Waals surface area (Å²) in [6.45, 7) is 3.75. The van der Waals surface area contributed by atoms with Gasteiger partial charge in [0.25, 0.3) is 0 Å². The third-order valence-corrected chi connectivity index (χ3v) is 4.56. The smallest absolute Gasteiger partial charge is 0.243 e. The van der Waals surface area contributed by atoms with E-state index in [0.29, 0.717) is 17.9 Å². The summed E-state index contributed by atoms with van der Waals surface area (Å²) in [5.74, 6) is -0.0525. The van der Waals surface area contributed by atoms with Gasteiger partial charge < -0.3 is 5.32 Å². The second-order valence-electron chi connectivity index (χ2n) is 3.93. The maximum Gasteiger partial charge on any atom is 0.243 e. The average molecular weight is 251 g/mol. The van der Waals surface area contributed by atoms with Gasteiger partial charge in [-0.15, -0.1) is 0 Å². The Kier molecular flexibility index (Phi) is 3.02. The van der Waals surface area contributed by atoms with E-state index in [4.69, 9.17) is 0 Å². The number of aryl methyl sites for hydroxylation is 1. The van der Waals surface area contributed by atoms with E-state index in [2.05, 4.69) is 11.9 Å². The van der Waals surface area contributed by atoms with Crippen molar-refractivity contribution in [1.82, 2.24) is 5.32 Å². The number of hydrogen-bond donors (Lipinski definition) is 1. The molecule has 0 aliphatic carbocycles. The summed E-state index contributed by atoms with van der Waals surface area (Å²) in [6, 6.07) is 5.18. The van der Waals surface area contributed by atoms with E-state index in [1.54, 1.807) is 12.1 Å². The van der Waals surface area contributed by atoms with Gasteiger partial charge in [0.2, 0.25) is 5.91 Å². The Bertz CT molecular complexity index is 575. The quantitative estimate of drug-likeness (QED) is 0.809. The molecule has 1 aromatic rings. The number of nitrogens with one attached hydrogen (secondary N) is 1. The van der Waals surface area contributed by atoms with E-state index in [1.807, 2.05) is 6.07 Å². The molecule has 0 fully saturated rings. The van der Waals surface area contributed by atoms with Crippen LogP contribution in [0.5, 0.6) is 0 Å². The lowest BCUT2D eigenvalue weighted by atomic mass is 10.1. The largest absolute Gasteiger partial charge is 0.348 e. The van der Waals surface area contributed by atoms with Crippen LogP contribution in [0, 0.1) is 0 Å². The topological polar surface area (TPSA) is 63.2 Å². The lowest BCUT2D eigenvalue weighted by Crippen LogP contribution is -2.19. The molecule has 1 aromatic carbocycles. The average Bonchev–Trinajstić information content (AvgIpc) is 2.62. The third kappa shape index (κ3) is 2.39. The van der Waals surface area contributed by atoms with E-state index in [-0.39, 0.29) is 11.7 Å². The molecule has 0 bridgehead atoms. The predicted octanol–water partition coefficient (Wildman–Crippen LogP) is 0.819. The van der Waals surface area contributed by atoms with Crippen LogP contribution < -0.4 is 5.32 Å².